The Hall–Kier alpha value is -0.340. The second-order valence-electron chi connectivity index (χ2n) is 3.94. The van der Waals surface area contributed by atoms with Crippen molar-refractivity contribution in [3.05, 3.63) is 12.7 Å². The minimum absolute atomic E-state index is 0.623. The molecule has 1 N–H and O–H groups in total. The molecule has 0 bridgehead atoms. The Morgan fingerprint density at radius 2 is 2.15 bits per heavy atom. The first-order valence-corrected chi connectivity index (χ1v) is 5.39. The maximum atomic E-state index is 3.71. The highest BCUT2D eigenvalue weighted by atomic mass is 15.2. The monoisotopic (exact) mass is 182 g/mol. The van der Waals surface area contributed by atoms with Crippen molar-refractivity contribution in [3.63, 3.8) is 0 Å². The van der Waals surface area contributed by atoms with Crippen molar-refractivity contribution in [2.45, 2.75) is 32.2 Å². The SMILES string of the molecule is C=CCCNC(C)CN1CCCC1. The van der Waals surface area contributed by atoms with Crippen LogP contribution in [0.4, 0.5) is 0 Å². The van der Waals surface area contributed by atoms with Crippen molar-refractivity contribution in [2.75, 3.05) is 26.2 Å². The minimum atomic E-state index is 0.623. The molecule has 1 heterocycles. The molecule has 0 spiro atoms. The molecule has 1 atom stereocenters. The Balaban J connectivity index is 2.02. The maximum Gasteiger partial charge on any atom is 0.0166 e. The summed E-state index contributed by atoms with van der Waals surface area (Å²) in [5, 5.41) is 3.50. The number of nitrogens with one attached hydrogen (secondary N) is 1. The highest BCUT2D eigenvalue weighted by Crippen LogP contribution is 2.07. The molecule has 0 aromatic rings. The quantitative estimate of drug-likeness (QED) is 0.496. The first-order valence-electron chi connectivity index (χ1n) is 5.39. The van der Waals surface area contributed by atoms with Crippen molar-refractivity contribution in [2.24, 2.45) is 0 Å². The first kappa shape index (κ1) is 10.7. The van der Waals surface area contributed by atoms with Gasteiger partial charge in [0.25, 0.3) is 0 Å². The second kappa shape index (κ2) is 6.17. The fraction of sp³-hybridized carbons (Fsp3) is 0.818. The van der Waals surface area contributed by atoms with Crippen LogP contribution in [0.3, 0.4) is 0 Å². The van der Waals surface area contributed by atoms with Gasteiger partial charge in [-0.05, 0) is 45.8 Å². The topological polar surface area (TPSA) is 15.3 Å². The van der Waals surface area contributed by atoms with Gasteiger partial charge in [0.05, 0.1) is 0 Å². The summed E-state index contributed by atoms with van der Waals surface area (Å²) in [6.07, 6.45) is 5.82. The summed E-state index contributed by atoms with van der Waals surface area (Å²) in [7, 11) is 0. The molecule has 0 radical (unpaired) electrons. The van der Waals surface area contributed by atoms with E-state index in [9.17, 15) is 0 Å². The van der Waals surface area contributed by atoms with Crippen LogP contribution in [0.25, 0.3) is 0 Å². The Morgan fingerprint density at radius 3 is 2.77 bits per heavy atom. The fourth-order valence-electron chi connectivity index (χ4n) is 1.85. The summed E-state index contributed by atoms with van der Waals surface area (Å²) >= 11 is 0. The van der Waals surface area contributed by atoms with E-state index in [1.54, 1.807) is 0 Å². The van der Waals surface area contributed by atoms with E-state index in [4.69, 9.17) is 0 Å². The van der Waals surface area contributed by atoms with Crippen LogP contribution in [-0.2, 0) is 0 Å². The molecule has 1 saturated heterocycles. The van der Waals surface area contributed by atoms with Crippen LogP contribution in [-0.4, -0.2) is 37.1 Å². The third-order valence-corrected chi connectivity index (χ3v) is 2.57. The van der Waals surface area contributed by atoms with Gasteiger partial charge in [0.2, 0.25) is 0 Å². The van der Waals surface area contributed by atoms with Crippen molar-refractivity contribution in [1.29, 1.82) is 0 Å². The van der Waals surface area contributed by atoms with Gasteiger partial charge in [0.15, 0.2) is 0 Å². The minimum Gasteiger partial charge on any atom is -0.313 e. The molecule has 0 aliphatic carbocycles. The average Bonchev–Trinajstić information content (AvgIpc) is 2.57. The number of hydrogen-bond acceptors (Lipinski definition) is 2. The summed E-state index contributed by atoms with van der Waals surface area (Å²) < 4.78 is 0. The van der Waals surface area contributed by atoms with E-state index in [2.05, 4.69) is 23.7 Å². The lowest BCUT2D eigenvalue weighted by molar-refractivity contribution is 0.300. The molecule has 2 heteroatoms. The third-order valence-electron chi connectivity index (χ3n) is 2.57. The zero-order chi connectivity index (χ0) is 9.52. The molecule has 13 heavy (non-hydrogen) atoms. The largest absolute Gasteiger partial charge is 0.313 e. The molecular weight excluding hydrogens is 160 g/mol. The predicted molar refractivity (Wildman–Crippen MR) is 58.0 cm³/mol. The lowest BCUT2D eigenvalue weighted by atomic mass is 10.3. The van der Waals surface area contributed by atoms with E-state index in [0.717, 1.165) is 13.0 Å². The van der Waals surface area contributed by atoms with Crippen molar-refractivity contribution >= 4 is 0 Å². The Kier molecular flexibility index (Phi) is 5.09. The van der Waals surface area contributed by atoms with E-state index >= 15 is 0 Å². The molecule has 1 aliphatic heterocycles. The van der Waals surface area contributed by atoms with Gasteiger partial charge in [0, 0.05) is 12.6 Å². The number of nitrogens with zero attached hydrogens (tertiary/aromatic N) is 1. The molecule has 2 nitrogen and oxygen atoms in total. The van der Waals surface area contributed by atoms with E-state index in [0.29, 0.717) is 6.04 Å². The van der Waals surface area contributed by atoms with Crippen LogP contribution < -0.4 is 5.32 Å². The second-order valence-corrected chi connectivity index (χ2v) is 3.94. The average molecular weight is 182 g/mol. The van der Waals surface area contributed by atoms with E-state index in [1.807, 2.05) is 6.08 Å². The van der Waals surface area contributed by atoms with Crippen LogP contribution in [0.2, 0.25) is 0 Å². The van der Waals surface area contributed by atoms with Crippen molar-refractivity contribution in [3.8, 4) is 0 Å². The van der Waals surface area contributed by atoms with Crippen LogP contribution in [0.15, 0.2) is 12.7 Å². The summed E-state index contributed by atoms with van der Waals surface area (Å²) in [5.74, 6) is 0. The smallest absolute Gasteiger partial charge is 0.0166 e. The van der Waals surface area contributed by atoms with Gasteiger partial charge in [-0.3, -0.25) is 0 Å². The number of likely N-dealkylation sites (tertiary alicyclic amines) is 1. The van der Waals surface area contributed by atoms with Gasteiger partial charge < -0.3 is 10.2 Å². The van der Waals surface area contributed by atoms with Crippen LogP contribution in [0.1, 0.15) is 26.2 Å². The van der Waals surface area contributed by atoms with Crippen molar-refractivity contribution < 1.29 is 0 Å². The lowest BCUT2D eigenvalue weighted by Crippen LogP contribution is -2.38. The normalized spacial score (nSPS) is 20.4. The van der Waals surface area contributed by atoms with E-state index in [-0.39, 0.29) is 0 Å². The Labute approximate surface area is 82.0 Å². The summed E-state index contributed by atoms with van der Waals surface area (Å²) in [6.45, 7) is 10.8. The van der Waals surface area contributed by atoms with Gasteiger partial charge in [-0.25, -0.2) is 0 Å². The van der Waals surface area contributed by atoms with Crippen LogP contribution >= 0.6 is 0 Å². The van der Waals surface area contributed by atoms with Crippen LogP contribution in [0, 0.1) is 0 Å². The van der Waals surface area contributed by atoms with Crippen molar-refractivity contribution in [1.82, 2.24) is 10.2 Å². The van der Waals surface area contributed by atoms with Crippen LogP contribution in [0.5, 0.6) is 0 Å². The highest BCUT2D eigenvalue weighted by molar-refractivity contribution is 4.74. The number of rotatable bonds is 6. The molecule has 1 fully saturated rings. The first-order chi connectivity index (χ1) is 6.33. The molecule has 1 unspecified atom stereocenters. The van der Waals surface area contributed by atoms with Gasteiger partial charge in [-0.15, -0.1) is 6.58 Å². The molecule has 76 valence electrons. The molecule has 0 aromatic heterocycles. The number of hydrogen-bond donors (Lipinski definition) is 1. The highest BCUT2D eigenvalue weighted by Gasteiger charge is 2.13. The van der Waals surface area contributed by atoms with Gasteiger partial charge >= 0.3 is 0 Å². The Morgan fingerprint density at radius 1 is 1.46 bits per heavy atom. The molecule has 0 amide bonds. The standard InChI is InChI=1S/C11H22N2/c1-3-4-7-12-11(2)10-13-8-5-6-9-13/h3,11-12H,1,4-10H2,2H3. The summed E-state index contributed by atoms with van der Waals surface area (Å²) in [5.41, 5.74) is 0. The molecular formula is C11H22N2. The van der Waals surface area contributed by atoms with Gasteiger partial charge in [0.1, 0.15) is 0 Å². The molecule has 1 aliphatic rings. The van der Waals surface area contributed by atoms with Gasteiger partial charge in [-0.2, -0.15) is 0 Å². The Bertz CT molecular complexity index is 139. The van der Waals surface area contributed by atoms with Gasteiger partial charge in [-0.1, -0.05) is 6.08 Å². The lowest BCUT2D eigenvalue weighted by Gasteiger charge is -2.20. The molecule has 0 aromatic carbocycles. The third kappa shape index (κ3) is 4.44. The zero-order valence-electron chi connectivity index (χ0n) is 8.76. The summed E-state index contributed by atoms with van der Waals surface area (Å²) in [6, 6.07) is 0.623. The van der Waals surface area contributed by atoms with E-state index in [1.165, 1.54) is 32.5 Å². The van der Waals surface area contributed by atoms with E-state index < -0.39 is 0 Å². The fourth-order valence-corrected chi connectivity index (χ4v) is 1.85. The maximum absolute atomic E-state index is 3.71. The molecule has 0 saturated carbocycles. The predicted octanol–water partition coefficient (Wildman–Crippen LogP) is 1.64. The summed E-state index contributed by atoms with van der Waals surface area (Å²) in [4.78, 5) is 2.55. The zero-order valence-corrected chi connectivity index (χ0v) is 8.76. The molecule has 1 rings (SSSR count).